The lowest BCUT2D eigenvalue weighted by Crippen LogP contribution is -2.13. The summed E-state index contributed by atoms with van der Waals surface area (Å²) < 4.78 is 10.4. The number of esters is 1. The predicted molar refractivity (Wildman–Crippen MR) is 81.5 cm³/mol. The van der Waals surface area contributed by atoms with Gasteiger partial charge in [-0.05, 0) is 25.1 Å². The van der Waals surface area contributed by atoms with Crippen molar-refractivity contribution in [2.24, 2.45) is 0 Å². The Morgan fingerprint density at radius 2 is 2.09 bits per heavy atom. The highest BCUT2D eigenvalue weighted by atomic mass is 16.5. The number of ether oxygens (including phenoxy) is 1. The molecule has 0 fully saturated rings. The third kappa shape index (κ3) is 2.76. The van der Waals surface area contributed by atoms with E-state index in [9.17, 15) is 4.79 Å². The monoisotopic (exact) mass is 297 g/mol. The number of benzene rings is 1. The minimum Gasteiger partial charge on any atom is -0.467 e. The summed E-state index contributed by atoms with van der Waals surface area (Å²) in [4.78, 5) is 12.1. The molecular formula is C16H15N3O3. The van der Waals surface area contributed by atoms with E-state index in [1.165, 1.54) is 0 Å². The number of aromatic nitrogens is 2. The molecule has 0 spiro atoms. The molecule has 6 heteroatoms. The van der Waals surface area contributed by atoms with Gasteiger partial charge in [-0.15, -0.1) is 10.2 Å². The second-order valence-electron chi connectivity index (χ2n) is 4.59. The number of fused-ring (bicyclic) bond motifs is 1. The highest BCUT2D eigenvalue weighted by Crippen LogP contribution is 2.25. The van der Waals surface area contributed by atoms with Crippen molar-refractivity contribution in [3.8, 4) is 0 Å². The topological polar surface area (TPSA) is 77.2 Å². The fourth-order valence-electron chi connectivity index (χ4n) is 2.16. The fraction of sp³-hybridized carbons (Fsp3) is 0.188. The SMILES string of the molecule is CCOC(=O)c1nnc2ccccc2c1NCc1ccco1. The van der Waals surface area contributed by atoms with Crippen LogP contribution in [-0.4, -0.2) is 22.8 Å². The summed E-state index contributed by atoms with van der Waals surface area (Å²) in [6.07, 6.45) is 1.60. The molecule has 0 saturated heterocycles. The van der Waals surface area contributed by atoms with Crippen LogP contribution in [0.2, 0.25) is 0 Å². The van der Waals surface area contributed by atoms with Crippen LogP contribution in [-0.2, 0) is 11.3 Å². The molecule has 0 saturated carbocycles. The molecule has 0 radical (unpaired) electrons. The summed E-state index contributed by atoms with van der Waals surface area (Å²) in [7, 11) is 0. The normalized spacial score (nSPS) is 10.6. The largest absolute Gasteiger partial charge is 0.467 e. The quantitative estimate of drug-likeness (QED) is 0.729. The Labute approximate surface area is 127 Å². The molecule has 3 rings (SSSR count). The second kappa shape index (κ2) is 6.26. The highest BCUT2D eigenvalue weighted by molar-refractivity contribution is 6.03. The number of carbonyl (C=O) groups excluding carboxylic acids is 1. The maximum absolute atomic E-state index is 12.1. The zero-order chi connectivity index (χ0) is 15.4. The number of carbonyl (C=O) groups is 1. The van der Waals surface area contributed by atoms with Gasteiger partial charge in [-0.2, -0.15) is 0 Å². The van der Waals surface area contributed by atoms with Crippen molar-refractivity contribution in [1.29, 1.82) is 0 Å². The van der Waals surface area contributed by atoms with Crippen molar-refractivity contribution >= 4 is 22.6 Å². The Kier molecular flexibility index (Phi) is 4.00. The van der Waals surface area contributed by atoms with Crippen LogP contribution in [0, 0.1) is 0 Å². The number of rotatable bonds is 5. The van der Waals surface area contributed by atoms with Crippen LogP contribution in [0.1, 0.15) is 23.2 Å². The highest BCUT2D eigenvalue weighted by Gasteiger charge is 2.18. The molecule has 0 bridgehead atoms. The third-order valence-electron chi connectivity index (χ3n) is 3.16. The summed E-state index contributed by atoms with van der Waals surface area (Å²) >= 11 is 0. The van der Waals surface area contributed by atoms with Gasteiger partial charge in [0.25, 0.3) is 0 Å². The van der Waals surface area contributed by atoms with Crippen LogP contribution < -0.4 is 5.32 Å². The average molecular weight is 297 g/mol. The van der Waals surface area contributed by atoms with E-state index in [-0.39, 0.29) is 12.3 Å². The third-order valence-corrected chi connectivity index (χ3v) is 3.16. The molecule has 0 amide bonds. The molecule has 3 aromatic rings. The average Bonchev–Trinajstić information content (AvgIpc) is 3.06. The lowest BCUT2D eigenvalue weighted by atomic mass is 10.1. The summed E-state index contributed by atoms with van der Waals surface area (Å²) in [5.41, 5.74) is 1.48. The minimum atomic E-state index is -0.498. The molecule has 22 heavy (non-hydrogen) atoms. The maximum Gasteiger partial charge on any atom is 0.361 e. The van der Waals surface area contributed by atoms with Gasteiger partial charge in [-0.1, -0.05) is 18.2 Å². The van der Waals surface area contributed by atoms with E-state index in [0.29, 0.717) is 17.7 Å². The standard InChI is InChI=1S/C16H15N3O3/c1-2-21-16(20)15-14(17-10-11-6-5-9-22-11)12-7-3-4-8-13(12)18-19-15/h3-9H,2,10H2,1H3,(H,17,18). The van der Waals surface area contributed by atoms with Gasteiger partial charge in [0.1, 0.15) is 5.76 Å². The first-order chi connectivity index (χ1) is 10.8. The lowest BCUT2D eigenvalue weighted by Gasteiger charge is -2.12. The zero-order valence-corrected chi connectivity index (χ0v) is 12.1. The Balaban J connectivity index is 2.01. The zero-order valence-electron chi connectivity index (χ0n) is 12.1. The van der Waals surface area contributed by atoms with Gasteiger partial charge < -0.3 is 14.5 Å². The van der Waals surface area contributed by atoms with Gasteiger partial charge in [0.05, 0.1) is 30.6 Å². The van der Waals surface area contributed by atoms with Gasteiger partial charge in [0, 0.05) is 5.39 Å². The first kappa shape index (κ1) is 14.1. The second-order valence-corrected chi connectivity index (χ2v) is 4.59. The van der Waals surface area contributed by atoms with Crippen molar-refractivity contribution in [3.05, 3.63) is 54.1 Å². The van der Waals surface area contributed by atoms with E-state index in [0.717, 1.165) is 11.1 Å². The molecule has 0 atom stereocenters. The number of furan rings is 1. The molecule has 1 N–H and O–H groups in total. The molecule has 2 heterocycles. The van der Waals surface area contributed by atoms with Crippen LogP contribution in [0.4, 0.5) is 5.69 Å². The molecule has 0 unspecified atom stereocenters. The summed E-state index contributed by atoms with van der Waals surface area (Å²) in [5.74, 6) is 0.262. The van der Waals surface area contributed by atoms with Crippen LogP contribution in [0.5, 0.6) is 0 Å². The number of nitrogens with one attached hydrogen (secondary N) is 1. The Morgan fingerprint density at radius 1 is 1.23 bits per heavy atom. The van der Waals surface area contributed by atoms with E-state index < -0.39 is 5.97 Å². The fourth-order valence-corrected chi connectivity index (χ4v) is 2.16. The van der Waals surface area contributed by atoms with E-state index >= 15 is 0 Å². The lowest BCUT2D eigenvalue weighted by molar-refractivity contribution is 0.0519. The van der Waals surface area contributed by atoms with E-state index in [4.69, 9.17) is 9.15 Å². The van der Waals surface area contributed by atoms with E-state index in [1.54, 1.807) is 13.2 Å². The van der Waals surface area contributed by atoms with Crippen molar-refractivity contribution in [2.45, 2.75) is 13.5 Å². The van der Waals surface area contributed by atoms with Crippen LogP contribution >= 0.6 is 0 Å². The molecule has 6 nitrogen and oxygen atoms in total. The van der Waals surface area contributed by atoms with Crippen molar-refractivity contribution < 1.29 is 13.9 Å². The molecule has 112 valence electrons. The van der Waals surface area contributed by atoms with Crippen LogP contribution in [0.15, 0.2) is 47.1 Å². The van der Waals surface area contributed by atoms with Gasteiger partial charge in [0.15, 0.2) is 5.69 Å². The number of nitrogens with zero attached hydrogens (tertiary/aromatic N) is 2. The molecule has 0 aliphatic rings. The summed E-state index contributed by atoms with van der Waals surface area (Å²) in [6, 6.07) is 11.2. The van der Waals surface area contributed by atoms with Crippen molar-refractivity contribution in [1.82, 2.24) is 10.2 Å². The van der Waals surface area contributed by atoms with E-state index in [1.807, 2.05) is 36.4 Å². The number of hydrogen-bond donors (Lipinski definition) is 1. The van der Waals surface area contributed by atoms with E-state index in [2.05, 4.69) is 15.5 Å². The summed E-state index contributed by atoms with van der Waals surface area (Å²) in [6.45, 7) is 2.47. The summed E-state index contributed by atoms with van der Waals surface area (Å²) in [5, 5.41) is 12.1. The Bertz CT molecular complexity index is 784. The number of hydrogen-bond acceptors (Lipinski definition) is 6. The first-order valence-corrected chi connectivity index (χ1v) is 6.98. The molecule has 0 aliphatic heterocycles. The minimum absolute atomic E-state index is 0.173. The van der Waals surface area contributed by atoms with Crippen LogP contribution in [0.3, 0.4) is 0 Å². The maximum atomic E-state index is 12.1. The first-order valence-electron chi connectivity index (χ1n) is 6.98. The predicted octanol–water partition coefficient (Wildman–Crippen LogP) is 3.01. The molecule has 1 aromatic carbocycles. The van der Waals surface area contributed by atoms with Gasteiger partial charge >= 0.3 is 5.97 Å². The van der Waals surface area contributed by atoms with Gasteiger partial charge in [0.2, 0.25) is 0 Å². The van der Waals surface area contributed by atoms with Gasteiger partial charge in [-0.25, -0.2) is 4.79 Å². The van der Waals surface area contributed by atoms with Crippen molar-refractivity contribution in [2.75, 3.05) is 11.9 Å². The van der Waals surface area contributed by atoms with Gasteiger partial charge in [-0.3, -0.25) is 0 Å². The van der Waals surface area contributed by atoms with Crippen LogP contribution in [0.25, 0.3) is 10.9 Å². The molecule has 0 aliphatic carbocycles. The molecule has 2 aromatic heterocycles. The number of anilines is 1. The Hall–Kier alpha value is -2.89. The Morgan fingerprint density at radius 3 is 2.86 bits per heavy atom. The van der Waals surface area contributed by atoms with Crippen molar-refractivity contribution in [3.63, 3.8) is 0 Å². The molecular weight excluding hydrogens is 282 g/mol. The smallest absolute Gasteiger partial charge is 0.361 e.